The van der Waals surface area contributed by atoms with Crippen molar-refractivity contribution in [2.45, 2.75) is 44.6 Å². The maximum absolute atomic E-state index is 9.25. The van der Waals surface area contributed by atoms with Crippen LogP contribution in [0.5, 0.6) is 0 Å². The fourth-order valence-corrected chi connectivity index (χ4v) is 1.53. The van der Waals surface area contributed by atoms with Gasteiger partial charge in [0.1, 0.15) is 24.4 Å². The van der Waals surface area contributed by atoms with Crippen LogP contribution in [0.1, 0.15) is 13.8 Å². The SMILES string of the molecule is C[CH-]C.[CH2-]COCCOC[CH2-].[CH2-]OC1OC(CO)C(O)C(O)C1O.[W+2].[Y]. The minimum Gasteiger partial charge on any atom is -0.531 e. The van der Waals surface area contributed by atoms with Crippen molar-refractivity contribution < 1.29 is 93.1 Å². The summed E-state index contributed by atoms with van der Waals surface area (Å²) in [6.45, 7) is 12.8. The maximum atomic E-state index is 9.25. The van der Waals surface area contributed by atoms with Crippen molar-refractivity contribution in [1.29, 1.82) is 0 Å². The van der Waals surface area contributed by atoms with Crippen molar-refractivity contribution in [2.24, 2.45) is 0 Å². The molecule has 0 aromatic rings. The summed E-state index contributed by atoms with van der Waals surface area (Å²) in [4.78, 5) is 0. The van der Waals surface area contributed by atoms with Gasteiger partial charge in [-0.3, -0.25) is 0 Å². The van der Waals surface area contributed by atoms with Crippen LogP contribution in [0.2, 0.25) is 0 Å². The molecular weight excluding hydrogens is 593 g/mol. The van der Waals surface area contributed by atoms with E-state index in [4.69, 9.17) is 19.3 Å². The van der Waals surface area contributed by atoms with Crippen LogP contribution < -0.4 is 0 Å². The van der Waals surface area contributed by atoms with Gasteiger partial charge in [-0.2, -0.15) is 13.8 Å². The van der Waals surface area contributed by atoms with Gasteiger partial charge in [-0.05, 0) is 0 Å². The second kappa shape index (κ2) is 24.5. The van der Waals surface area contributed by atoms with Crippen LogP contribution in [-0.4, -0.2) is 84.2 Å². The van der Waals surface area contributed by atoms with Gasteiger partial charge in [-0.1, -0.05) is 13.2 Å². The monoisotopic (exact) mass is 625 g/mol. The Balaban J connectivity index is -0.000000162. The van der Waals surface area contributed by atoms with Crippen LogP contribution in [0.15, 0.2) is 0 Å². The van der Waals surface area contributed by atoms with E-state index in [0.717, 1.165) is 0 Å². The van der Waals surface area contributed by atoms with Crippen LogP contribution in [0.4, 0.5) is 0 Å². The molecule has 1 fully saturated rings. The largest absolute Gasteiger partial charge is 2.00 e. The zero-order valence-electron chi connectivity index (χ0n) is 15.5. The Morgan fingerprint density at radius 3 is 1.69 bits per heavy atom. The topological polar surface area (TPSA) is 118 Å². The molecule has 0 aromatic heterocycles. The molecule has 1 rings (SSSR count). The summed E-state index contributed by atoms with van der Waals surface area (Å²) in [6.07, 6.45) is -4.19. The van der Waals surface area contributed by atoms with E-state index in [9.17, 15) is 15.3 Å². The first kappa shape index (κ1) is 34.9. The molecule has 0 bridgehead atoms. The van der Waals surface area contributed by atoms with Crippen molar-refractivity contribution >= 4 is 0 Å². The quantitative estimate of drug-likeness (QED) is 0.222. The number of aliphatic hydroxyl groups is 4. The van der Waals surface area contributed by atoms with Crippen molar-refractivity contribution in [3.8, 4) is 0 Å². The summed E-state index contributed by atoms with van der Waals surface area (Å²) in [6, 6.07) is 0. The van der Waals surface area contributed by atoms with Gasteiger partial charge in [0.15, 0.2) is 6.29 Å². The maximum Gasteiger partial charge on any atom is 2.00 e. The van der Waals surface area contributed by atoms with E-state index in [1.165, 1.54) is 0 Å². The van der Waals surface area contributed by atoms with E-state index in [2.05, 4.69) is 25.7 Å². The van der Waals surface area contributed by atoms with Crippen molar-refractivity contribution in [3.05, 3.63) is 27.4 Å². The van der Waals surface area contributed by atoms with E-state index in [1.54, 1.807) is 0 Å². The molecule has 0 saturated carbocycles. The number of rotatable bonds is 7. The van der Waals surface area contributed by atoms with E-state index < -0.39 is 37.3 Å². The van der Waals surface area contributed by atoms with Gasteiger partial charge in [-0.15, -0.1) is 0 Å². The first-order valence-electron chi connectivity index (χ1n) is 7.64. The van der Waals surface area contributed by atoms with Crippen LogP contribution in [-0.2, 0) is 72.7 Å². The molecule has 5 atom stereocenters. The third-order valence-corrected chi connectivity index (χ3v) is 2.67. The molecule has 8 nitrogen and oxygen atoms in total. The Labute approximate surface area is 197 Å². The normalized spacial score (nSPS) is 26.9. The van der Waals surface area contributed by atoms with Gasteiger partial charge in [-0.25, -0.2) is 7.11 Å². The molecule has 1 radical (unpaired) electrons. The number of aliphatic hydroxyl groups excluding tert-OH is 4. The minimum absolute atomic E-state index is 0. The van der Waals surface area contributed by atoms with E-state index in [-0.39, 0.29) is 53.8 Å². The Bertz CT molecular complexity index is 240. The average molecular weight is 625 g/mol. The molecular formula is C16H32O8WY-2. The first-order valence-corrected chi connectivity index (χ1v) is 7.64. The van der Waals surface area contributed by atoms with E-state index in [1.807, 2.05) is 20.3 Å². The van der Waals surface area contributed by atoms with Gasteiger partial charge < -0.3 is 59.6 Å². The molecule has 1 heterocycles. The molecule has 0 aliphatic carbocycles. The molecule has 5 unspecified atom stereocenters. The molecule has 155 valence electrons. The van der Waals surface area contributed by atoms with Crippen LogP contribution >= 0.6 is 0 Å². The third-order valence-electron chi connectivity index (χ3n) is 2.67. The smallest absolute Gasteiger partial charge is 0.531 e. The number of hydrogen-bond donors (Lipinski definition) is 4. The van der Waals surface area contributed by atoms with Gasteiger partial charge in [0.25, 0.3) is 0 Å². The zero-order valence-corrected chi connectivity index (χ0v) is 21.3. The van der Waals surface area contributed by atoms with Crippen molar-refractivity contribution in [1.82, 2.24) is 0 Å². The summed E-state index contributed by atoms with van der Waals surface area (Å²) >= 11 is 0. The van der Waals surface area contributed by atoms with E-state index in [0.29, 0.717) is 26.4 Å². The molecule has 0 aromatic carbocycles. The van der Waals surface area contributed by atoms with Gasteiger partial charge in [0.2, 0.25) is 0 Å². The first-order chi connectivity index (χ1) is 11.4. The molecule has 10 heteroatoms. The number of hydrogen-bond acceptors (Lipinski definition) is 8. The van der Waals surface area contributed by atoms with Crippen LogP contribution in [0, 0.1) is 27.4 Å². The predicted octanol–water partition coefficient (Wildman–Crippen LogP) is -0.492. The predicted molar refractivity (Wildman–Crippen MR) is 88.2 cm³/mol. The summed E-state index contributed by atoms with van der Waals surface area (Å²) in [5, 5.41) is 36.5. The third kappa shape index (κ3) is 16.4. The fourth-order valence-electron chi connectivity index (χ4n) is 1.53. The van der Waals surface area contributed by atoms with E-state index >= 15 is 0 Å². The van der Waals surface area contributed by atoms with Crippen LogP contribution in [0.25, 0.3) is 0 Å². The summed E-state index contributed by atoms with van der Waals surface area (Å²) < 4.78 is 19.1. The zero-order chi connectivity index (χ0) is 19.0. The minimum atomic E-state index is -1.40. The Morgan fingerprint density at radius 1 is 0.962 bits per heavy atom. The van der Waals surface area contributed by atoms with Crippen molar-refractivity contribution in [3.63, 3.8) is 0 Å². The molecule has 0 amide bonds. The Kier molecular flexibility index (Phi) is 32.9. The molecule has 1 saturated heterocycles. The molecule has 0 spiro atoms. The molecule has 1 aliphatic heterocycles. The second-order valence-electron chi connectivity index (χ2n) is 4.67. The average Bonchev–Trinajstić information content (AvgIpc) is 2.58. The van der Waals surface area contributed by atoms with Gasteiger partial charge in [0.05, 0.1) is 19.8 Å². The molecule has 1 aliphatic rings. The molecule has 26 heavy (non-hydrogen) atoms. The van der Waals surface area contributed by atoms with Crippen molar-refractivity contribution in [2.75, 3.05) is 33.0 Å². The standard InChI is InChI=1S/C7H13O6.C6H12O2.C3H7.W.Y/c1-12-7-6(11)5(10)4(9)3(2-8)13-7;1-3-7-5-6-8-4-2;1-3-2;;/h3-11H,1-2H2;1-6H2;3H,1-2H3;;/q-1;-2;-1;+2;. The number of ether oxygens (including phenoxy) is 4. The summed E-state index contributed by atoms with van der Waals surface area (Å²) in [7, 11) is 3.03. The molecule has 4 N–H and O–H groups in total. The fraction of sp³-hybridized carbons (Fsp3) is 0.750. The summed E-state index contributed by atoms with van der Waals surface area (Å²) in [5.41, 5.74) is 0. The Hall–Kier alpha value is 1.47. The summed E-state index contributed by atoms with van der Waals surface area (Å²) in [5.74, 6) is 0. The van der Waals surface area contributed by atoms with Crippen LogP contribution in [0.3, 0.4) is 0 Å². The van der Waals surface area contributed by atoms with Gasteiger partial charge in [0, 0.05) is 32.7 Å². The van der Waals surface area contributed by atoms with Gasteiger partial charge >= 0.3 is 21.1 Å². The second-order valence-corrected chi connectivity index (χ2v) is 4.67. The Morgan fingerprint density at radius 2 is 1.38 bits per heavy atom.